The van der Waals surface area contributed by atoms with Gasteiger partial charge in [-0.05, 0) is 18.6 Å². The number of H-pyrrole nitrogens is 1. The Labute approximate surface area is 98.2 Å². The molecule has 3 rings (SSSR count). The third-order valence-electron chi connectivity index (χ3n) is 3.24. The number of nitrogens with one attached hydrogen (secondary N) is 2. The van der Waals surface area contributed by atoms with Crippen LogP contribution in [0.1, 0.15) is 35.0 Å². The number of fused-ring (bicyclic) bond motifs is 1. The minimum Gasteiger partial charge on any atom is -0.312 e. The fourth-order valence-corrected chi connectivity index (χ4v) is 3.77. The topological polar surface area (TPSA) is 57.8 Å². The van der Waals surface area contributed by atoms with Gasteiger partial charge < -0.3 is 10.3 Å². The fraction of sp³-hybridized carbons (Fsp3) is 0.636. The van der Waals surface area contributed by atoms with E-state index in [2.05, 4.69) is 15.3 Å². The quantitative estimate of drug-likeness (QED) is 0.764. The second-order valence-electron chi connectivity index (χ2n) is 4.31. The zero-order valence-electron chi connectivity index (χ0n) is 9.08. The van der Waals surface area contributed by atoms with E-state index in [9.17, 15) is 4.79 Å². The summed E-state index contributed by atoms with van der Waals surface area (Å²) in [5, 5.41) is 3.79. The van der Waals surface area contributed by atoms with Crippen LogP contribution in [0.15, 0.2) is 4.79 Å². The van der Waals surface area contributed by atoms with Crippen LogP contribution in [0.5, 0.6) is 0 Å². The molecule has 4 nitrogen and oxygen atoms in total. The highest BCUT2D eigenvalue weighted by molar-refractivity contribution is 7.99. The van der Waals surface area contributed by atoms with E-state index in [4.69, 9.17) is 0 Å². The highest BCUT2D eigenvalue weighted by Crippen LogP contribution is 2.40. The molecule has 86 valence electrons. The van der Waals surface area contributed by atoms with Crippen molar-refractivity contribution in [1.29, 1.82) is 0 Å². The number of hydrogen-bond donors (Lipinski definition) is 2. The van der Waals surface area contributed by atoms with Crippen LogP contribution in [0, 0.1) is 0 Å². The maximum atomic E-state index is 11.5. The first-order valence-electron chi connectivity index (χ1n) is 5.79. The molecular weight excluding hydrogens is 222 g/mol. The lowest BCUT2D eigenvalue weighted by Crippen LogP contribution is -2.30. The summed E-state index contributed by atoms with van der Waals surface area (Å²) in [6, 6.07) is 0. The molecule has 0 saturated carbocycles. The minimum atomic E-state index is -0.178. The highest BCUT2D eigenvalue weighted by Gasteiger charge is 2.25. The molecule has 1 saturated heterocycles. The molecule has 0 bridgehead atoms. The SMILES string of the molecule is O=c1nc(C2CCCS2)c2c([nH]1)CCNC2. The summed E-state index contributed by atoms with van der Waals surface area (Å²) in [4.78, 5) is 18.6. The Hall–Kier alpha value is -0.810. The van der Waals surface area contributed by atoms with Gasteiger partial charge in [-0.25, -0.2) is 4.79 Å². The van der Waals surface area contributed by atoms with Crippen molar-refractivity contribution >= 4 is 11.8 Å². The van der Waals surface area contributed by atoms with Crippen LogP contribution in [0.4, 0.5) is 0 Å². The van der Waals surface area contributed by atoms with Crippen molar-refractivity contribution in [2.24, 2.45) is 0 Å². The van der Waals surface area contributed by atoms with E-state index in [1.807, 2.05) is 11.8 Å². The number of hydrogen-bond acceptors (Lipinski definition) is 4. The smallest absolute Gasteiger partial charge is 0.312 e. The van der Waals surface area contributed by atoms with Crippen LogP contribution < -0.4 is 11.0 Å². The lowest BCUT2D eigenvalue weighted by molar-refractivity contribution is 0.608. The number of aromatic nitrogens is 2. The summed E-state index contributed by atoms with van der Waals surface area (Å²) in [6.45, 7) is 1.80. The largest absolute Gasteiger partial charge is 0.345 e. The molecular formula is C11H15N3OS. The van der Waals surface area contributed by atoms with Crippen molar-refractivity contribution < 1.29 is 0 Å². The minimum absolute atomic E-state index is 0.178. The Morgan fingerprint density at radius 2 is 2.38 bits per heavy atom. The van der Waals surface area contributed by atoms with Crippen molar-refractivity contribution in [2.75, 3.05) is 12.3 Å². The summed E-state index contributed by atoms with van der Waals surface area (Å²) in [5.74, 6) is 1.20. The maximum absolute atomic E-state index is 11.5. The molecule has 0 aliphatic carbocycles. The van der Waals surface area contributed by atoms with Crippen LogP contribution in [-0.2, 0) is 13.0 Å². The average Bonchev–Trinajstić information content (AvgIpc) is 2.81. The molecule has 3 heterocycles. The molecule has 0 aromatic carbocycles. The molecule has 2 aliphatic rings. The molecule has 16 heavy (non-hydrogen) atoms. The van der Waals surface area contributed by atoms with Crippen molar-refractivity contribution in [3.63, 3.8) is 0 Å². The first-order chi connectivity index (χ1) is 7.84. The summed E-state index contributed by atoms with van der Waals surface area (Å²) in [7, 11) is 0. The van der Waals surface area contributed by atoms with Crippen LogP contribution in [0.2, 0.25) is 0 Å². The van der Waals surface area contributed by atoms with Crippen LogP contribution in [0.3, 0.4) is 0 Å². The van der Waals surface area contributed by atoms with Gasteiger partial charge in [-0.1, -0.05) is 0 Å². The predicted molar refractivity (Wildman–Crippen MR) is 64.7 cm³/mol. The summed E-state index contributed by atoms with van der Waals surface area (Å²) >= 11 is 1.93. The Morgan fingerprint density at radius 1 is 1.44 bits per heavy atom. The van der Waals surface area contributed by atoms with E-state index in [0.29, 0.717) is 5.25 Å². The standard InChI is InChI=1S/C11H15N3OS/c15-11-13-8-3-4-12-6-7(8)10(14-11)9-2-1-5-16-9/h9,12H,1-6H2,(H,13,14,15). The number of aromatic amines is 1. The van der Waals surface area contributed by atoms with Crippen LogP contribution >= 0.6 is 11.8 Å². The van der Waals surface area contributed by atoms with Gasteiger partial charge in [0, 0.05) is 36.0 Å². The molecule has 1 unspecified atom stereocenters. The van der Waals surface area contributed by atoms with Crippen LogP contribution in [-0.4, -0.2) is 22.3 Å². The number of nitrogens with zero attached hydrogens (tertiary/aromatic N) is 1. The second-order valence-corrected chi connectivity index (χ2v) is 5.62. The number of rotatable bonds is 1. The Bertz CT molecular complexity index is 451. The molecule has 1 fully saturated rings. The number of thioether (sulfide) groups is 1. The van der Waals surface area contributed by atoms with Gasteiger partial charge in [0.2, 0.25) is 0 Å². The first kappa shape index (κ1) is 10.4. The van der Waals surface area contributed by atoms with E-state index >= 15 is 0 Å². The van der Waals surface area contributed by atoms with Crippen LogP contribution in [0.25, 0.3) is 0 Å². The van der Waals surface area contributed by atoms with E-state index in [-0.39, 0.29) is 5.69 Å². The van der Waals surface area contributed by atoms with Crippen molar-refractivity contribution in [3.05, 3.63) is 27.4 Å². The van der Waals surface area contributed by atoms with E-state index < -0.39 is 0 Å². The molecule has 5 heteroatoms. The van der Waals surface area contributed by atoms with Gasteiger partial charge >= 0.3 is 5.69 Å². The van der Waals surface area contributed by atoms with E-state index in [1.165, 1.54) is 17.7 Å². The van der Waals surface area contributed by atoms with Gasteiger partial charge in [0.1, 0.15) is 0 Å². The lowest BCUT2D eigenvalue weighted by Gasteiger charge is -2.21. The monoisotopic (exact) mass is 237 g/mol. The van der Waals surface area contributed by atoms with Crippen molar-refractivity contribution in [1.82, 2.24) is 15.3 Å². The summed E-state index contributed by atoms with van der Waals surface area (Å²) < 4.78 is 0. The van der Waals surface area contributed by atoms with E-state index in [1.54, 1.807) is 0 Å². The van der Waals surface area contributed by atoms with Gasteiger partial charge in [0.15, 0.2) is 0 Å². The maximum Gasteiger partial charge on any atom is 0.345 e. The molecule has 2 N–H and O–H groups in total. The van der Waals surface area contributed by atoms with Crippen molar-refractivity contribution in [3.8, 4) is 0 Å². The van der Waals surface area contributed by atoms with Gasteiger partial charge in [0.05, 0.1) is 5.69 Å². The van der Waals surface area contributed by atoms with Gasteiger partial charge in [-0.15, -0.1) is 0 Å². The average molecular weight is 237 g/mol. The fourth-order valence-electron chi connectivity index (χ4n) is 2.46. The third kappa shape index (κ3) is 1.78. The van der Waals surface area contributed by atoms with Gasteiger partial charge in [0.25, 0.3) is 0 Å². The van der Waals surface area contributed by atoms with Gasteiger partial charge in [-0.3, -0.25) is 0 Å². The molecule has 0 spiro atoms. The Morgan fingerprint density at radius 3 is 3.19 bits per heavy atom. The normalized spacial score (nSPS) is 24.4. The zero-order chi connectivity index (χ0) is 11.0. The molecule has 1 aromatic rings. The molecule has 1 atom stereocenters. The van der Waals surface area contributed by atoms with Crippen molar-refractivity contribution in [2.45, 2.75) is 31.1 Å². The van der Waals surface area contributed by atoms with Gasteiger partial charge in [-0.2, -0.15) is 16.7 Å². The summed E-state index contributed by atoms with van der Waals surface area (Å²) in [6.07, 6.45) is 3.32. The zero-order valence-corrected chi connectivity index (χ0v) is 9.90. The Balaban J connectivity index is 2.08. The first-order valence-corrected chi connectivity index (χ1v) is 6.84. The third-order valence-corrected chi connectivity index (χ3v) is 4.63. The highest BCUT2D eigenvalue weighted by atomic mass is 32.2. The van der Waals surface area contributed by atoms with E-state index in [0.717, 1.165) is 37.3 Å². The molecule has 0 amide bonds. The molecule has 1 aromatic heterocycles. The lowest BCUT2D eigenvalue weighted by atomic mass is 10.0. The Kier molecular flexibility index (Phi) is 2.73. The summed E-state index contributed by atoms with van der Waals surface area (Å²) in [5.41, 5.74) is 3.20. The molecule has 2 aliphatic heterocycles. The molecule has 0 radical (unpaired) electrons. The predicted octanol–water partition coefficient (Wildman–Crippen LogP) is 0.984. The second kappa shape index (κ2) is 4.22.